The Hall–Kier alpha value is -0.620. The van der Waals surface area contributed by atoms with Gasteiger partial charge < -0.3 is 10.2 Å². The highest BCUT2D eigenvalue weighted by Crippen LogP contribution is 2.23. The topological polar surface area (TPSA) is 35.6 Å². The van der Waals surface area contributed by atoms with Gasteiger partial charge in [0.15, 0.2) is 0 Å². The van der Waals surface area contributed by atoms with E-state index >= 15 is 0 Å². The quantitative estimate of drug-likeness (QED) is 0.865. The van der Waals surface area contributed by atoms with Crippen LogP contribution < -0.4 is 5.32 Å². The monoisotopic (exact) mass is 371 g/mol. The number of piperazine rings is 1. The zero-order chi connectivity index (χ0) is 14.8. The summed E-state index contributed by atoms with van der Waals surface area (Å²) in [6.07, 6.45) is 1.21. The second kappa shape index (κ2) is 6.65. The lowest BCUT2D eigenvalue weighted by molar-refractivity contribution is 0.0584. The van der Waals surface area contributed by atoms with Crippen molar-refractivity contribution in [3.8, 4) is 0 Å². The Morgan fingerprint density at radius 1 is 1.29 bits per heavy atom. The summed E-state index contributed by atoms with van der Waals surface area (Å²) < 4.78 is 0.891. The number of hydrogen-bond acceptors (Lipinski definition) is 3. The zero-order valence-corrected chi connectivity index (χ0v) is 14.2. The van der Waals surface area contributed by atoms with Crippen LogP contribution in [0.4, 0.5) is 0 Å². The summed E-state index contributed by atoms with van der Waals surface area (Å²) in [6.45, 7) is 5.65. The second-order valence-electron chi connectivity index (χ2n) is 5.60. The Balaban J connectivity index is 1.62. The Labute approximate surface area is 138 Å². The fraction of sp³-hybridized carbons (Fsp3) is 0.533. The first-order chi connectivity index (χ1) is 10.1. The van der Waals surface area contributed by atoms with Crippen molar-refractivity contribution in [3.63, 3.8) is 0 Å². The normalized spacial score (nSPS) is 23.5. The highest BCUT2D eigenvalue weighted by atomic mass is 79.9. The third kappa shape index (κ3) is 3.42. The van der Waals surface area contributed by atoms with E-state index in [-0.39, 0.29) is 5.91 Å². The van der Waals surface area contributed by atoms with Crippen LogP contribution in [0.5, 0.6) is 0 Å². The molecule has 114 valence electrons. The molecule has 2 fully saturated rings. The number of nitrogens with zero attached hydrogens (tertiary/aromatic N) is 2. The first-order valence-corrected chi connectivity index (χ1v) is 8.51. The van der Waals surface area contributed by atoms with Crippen LogP contribution in [0.25, 0.3) is 0 Å². The van der Waals surface area contributed by atoms with Gasteiger partial charge in [0.1, 0.15) is 0 Å². The van der Waals surface area contributed by atoms with Crippen molar-refractivity contribution in [3.05, 3.63) is 33.3 Å². The van der Waals surface area contributed by atoms with Crippen LogP contribution in [0, 0.1) is 0 Å². The van der Waals surface area contributed by atoms with Crippen LogP contribution in [-0.4, -0.2) is 61.0 Å². The molecule has 1 atom stereocenters. The summed E-state index contributed by atoms with van der Waals surface area (Å²) in [5.41, 5.74) is 0.593. The maximum absolute atomic E-state index is 12.6. The van der Waals surface area contributed by atoms with E-state index in [1.807, 2.05) is 11.0 Å². The van der Waals surface area contributed by atoms with E-state index in [1.165, 1.54) is 6.42 Å². The van der Waals surface area contributed by atoms with Crippen molar-refractivity contribution in [2.45, 2.75) is 12.5 Å². The molecule has 6 heteroatoms. The van der Waals surface area contributed by atoms with E-state index in [0.29, 0.717) is 16.6 Å². The van der Waals surface area contributed by atoms with Crippen LogP contribution in [0.2, 0.25) is 5.02 Å². The van der Waals surface area contributed by atoms with Crippen LogP contribution >= 0.6 is 27.5 Å². The molecule has 1 aromatic carbocycles. The molecule has 0 bridgehead atoms. The van der Waals surface area contributed by atoms with E-state index < -0.39 is 0 Å². The molecule has 1 aromatic rings. The van der Waals surface area contributed by atoms with Gasteiger partial charge >= 0.3 is 0 Å². The van der Waals surface area contributed by atoms with Gasteiger partial charge in [-0.3, -0.25) is 9.69 Å². The minimum atomic E-state index is 0.0386. The fourth-order valence-corrected chi connectivity index (χ4v) is 3.83. The number of benzene rings is 1. The van der Waals surface area contributed by atoms with Gasteiger partial charge in [0.25, 0.3) is 5.91 Å². The Kier molecular flexibility index (Phi) is 4.84. The van der Waals surface area contributed by atoms with E-state index in [2.05, 4.69) is 26.1 Å². The predicted octanol–water partition coefficient (Wildman–Crippen LogP) is 2.22. The van der Waals surface area contributed by atoms with Crippen molar-refractivity contribution in [2.75, 3.05) is 39.3 Å². The van der Waals surface area contributed by atoms with Crippen LogP contribution in [0.3, 0.4) is 0 Å². The number of amides is 1. The molecule has 2 aliphatic heterocycles. The molecular weight excluding hydrogens is 354 g/mol. The largest absolute Gasteiger partial charge is 0.336 e. The number of rotatable bonds is 2. The molecule has 4 nitrogen and oxygen atoms in total. The zero-order valence-electron chi connectivity index (χ0n) is 11.8. The number of carbonyl (C=O) groups excluding carboxylic acids is 1. The molecule has 0 spiro atoms. The minimum absolute atomic E-state index is 0.0386. The predicted molar refractivity (Wildman–Crippen MR) is 87.9 cm³/mol. The first kappa shape index (κ1) is 15.3. The Bertz CT molecular complexity index is 526. The summed E-state index contributed by atoms with van der Waals surface area (Å²) in [4.78, 5) is 17.0. The van der Waals surface area contributed by atoms with Crippen molar-refractivity contribution in [1.82, 2.24) is 15.1 Å². The van der Waals surface area contributed by atoms with Crippen LogP contribution in [0.1, 0.15) is 16.8 Å². The van der Waals surface area contributed by atoms with Gasteiger partial charge in [-0.25, -0.2) is 0 Å². The fourth-order valence-electron chi connectivity index (χ4n) is 3.07. The molecule has 2 heterocycles. The summed E-state index contributed by atoms with van der Waals surface area (Å²) in [5, 5.41) is 3.91. The summed E-state index contributed by atoms with van der Waals surface area (Å²) in [7, 11) is 0. The van der Waals surface area contributed by atoms with Gasteiger partial charge in [-0.2, -0.15) is 0 Å². The van der Waals surface area contributed by atoms with Gasteiger partial charge in [-0.15, -0.1) is 0 Å². The molecular formula is C15H19BrClN3O. The second-order valence-corrected chi connectivity index (χ2v) is 6.92. The molecule has 21 heavy (non-hydrogen) atoms. The summed E-state index contributed by atoms with van der Waals surface area (Å²) >= 11 is 9.54. The number of hydrogen-bond donors (Lipinski definition) is 1. The lowest BCUT2D eigenvalue weighted by atomic mass is 10.1. The molecule has 2 aliphatic rings. The van der Waals surface area contributed by atoms with Gasteiger partial charge in [0.05, 0.1) is 10.6 Å². The van der Waals surface area contributed by atoms with Gasteiger partial charge in [0.2, 0.25) is 0 Å². The summed E-state index contributed by atoms with van der Waals surface area (Å²) in [6, 6.07) is 6.06. The lowest BCUT2D eigenvalue weighted by Crippen LogP contribution is -2.52. The molecule has 1 N–H and O–H groups in total. The van der Waals surface area contributed by atoms with Gasteiger partial charge in [-0.1, -0.05) is 27.5 Å². The van der Waals surface area contributed by atoms with E-state index in [1.54, 1.807) is 12.1 Å². The van der Waals surface area contributed by atoms with Crippen LogP contribution in [0.15, 0.2) is 22.7 Å². The summed E-state index contributed by atoms with van der Waals surface area (Å²) in [5.74, 6) is 0.0386. The van der Waals surface area contributed by atoms with Crippen molar-refractivity contribution >= 4 is 33.4 Å². The number of nitrogens with one attached hydrogen (secondary N) is 1. The molecule has 0 saturated carbocycles. The van der Waals surface area contributed by atoms with Crippen molar-refractivity contribution < 1.29 is 4.79 Å². The van der Waals surface area contributed by atoms with Crippen molar-refractivity contribution in [2.24, 2.45) is 0 Å². The average Bonchev–Trinajstić information content (AvgIpc) is 3.01. The van der Waals surface area contributed by atoms with E-state index in [9.17, 15) is 4.79 Å². The lowest BCUT2D eigenvalue weighted by Gasteiger charge is -2.37. The highest BCUT2D eigenvalue weighted by molar-refractivity contribution is 9.10. The van der Waals surface area contributed by atoms with Crippen molar-refractivity contribution in [1.29, 1.82) is 0 Å². The Morgan fingerprint density at radius 3 is 2.67 bits per heavy atom. The third-order valence-corrected chi connectivity index (χ3v) is 5.12. The van der Waals surface area contributed by atoms with Gasteiger partial charge in [-0.05, 0) is 31.2 Å². The molecule has 0 aliphatic carbocycles. The SMILES string of the molecule is O=C(c1ccc(Br)cc1Cl)N1CCN(C2CCNC2)CC1. The molecule has 3 rings (SSSR count). The first-order valence-electron chi connectivity index (χ1n) is 7.34. The maximum Gasteiger partial charge on any atom is 0.255 e. The number of halogens is 2. The standard InChI is InChI=1S/C15H19BrClN3O/c16-11-1-2-13(14(17)9-11)15(21)20-7-5-19(6-8-20)12-3-4-18-10-12/h1-2,9,12,18H,3-8,10H2. The number of carbonyl (C=O) groups is 1. The minimum Gasteiger partial charge on any atom is -0.336 e. The molecule has 1 amide bonds. The molecule has 2 saturated heterocycles. The van der Waals surface area contributed by atoms with E-state index in [0.717, 1.165) is 43.7 Å². The van der Waals surface area contributed by atoms with Gasteiger partial charge in [0, 0.05) is 43.2 Å². The molecule has 0 aromatic heterocycles. The maximum atomic E-state index is 12.6. The Morgan fingerprint density at radius 2 is 2.05 bits per heavy atom. The smallest absolute Gasteiger partial charge is 0.255 e. The molecule has 1 unspecified atom stereocenters. The highest BCUT2D eigenvalue weighted by Gasteiger charge is 2.28. The molecule has 0 radical (unpaired) electrons. The van der Waals surface area contributed by atoms with Crippen LogP contribution in [-0.2, 0) is 0 Å². The van der Waals surface area contributed by atoms with E-state index in [4.69, 9.17) is 11.6 Å². The average molecular weight is 373 g/mol. The third-order valence-electron chi connectivity index (χ3n) is 4.31.